The summed E-state index contributed by atoms with van der Waals surface area (Å²) in [7, 11) is -3.36. The molecular formula is C12H25N3O2S2. The third kappa shape index (κ3) is 3.10. The van der Waals surface area contributed by atoms with E-state index in [9.17, 15) is 8.42 Å². The first-order valence-electron chi connectivity index (χ1n) is 7.08. The van der Waals surface area contributed by atoms with Gasteiger partial charge < -0.3 is 5.73 Å². The molecule has 5 nitrogen and oxygen atoms in total. The molecule has 2 aliphatic heterocycles. The molecule has 7 heteroatoms. The molecule has 0 amide bonds. The second kappa shape index (κ2) is 6.30. The van der Waals surface area contributed by atoms with Crippen LogP contribution in [0.25, 0.3) is 0 Å². The van der Waals surface area contributed by atoms with Crippen LogP contribution in [0.2, 0.25) is 0 Å². The van der Waals surface area contributed by atoms with Crippen molar-refractivity contribution in [1.82, 2.24) is 8.61 Å². The van der Waals surface area contributed by atoms with Crippen LogP contribution in [0.5, 0.6) is 0 Å². The lowest BCUT2D eigenvalue weighted by Gasteiger charge is -2.42. The van der Waals surface area contributed by atoms with Crippen molar-refractivity contribution >= 4 is 22.0 Å². The van der Waals surface area contributed by atoms with Gasteiger partial charge in [-0.25, -0.2) is 0 Å². The second-order valence-corrected chi connectivity index (χ2v) is 8.75. The van der Waals surface area contributed by atoms with Crippen molar-refractivity contribution in [3.05, 3.63) is 0 Å². The van der Waals surface area contributed by atoms with Gasteiger partial charge in [0.2, 0.25) is 0 Å². The average Bonchev–Trinajstić information content (AvgIpc) is 2.41. The molecule has 0 spiro atoms. The highest BCUT2D eigenvalue weighted by molar-refractivity contribution is 8.00. The van der Waals surface area contributed by atoms with Crippen molar-refractivity contribution in [2.75, 3.05) is 25.4 Å². The fraction of sp³-hybridized carbons (Fsp3) is 1.00. The summed E-state index contributed by atoms with van der Waals surface area (Å²) in [6.45, 7) is 5.77. The fourth-order valence-corrected chi connectivity index (χ4v) is 6.29. The van der Waals surface area contributed by atoms with Crippen LogP contribution in [0.15, 0.2) is 0 Å². The Balaban J connectivity index is 2.20. The van der Waals surface area contributed by atoms with Crippen molar-refractivity contribution in [1.29, 1.82) is 0 Å². The van der Waals surface area contributed by atoms with Gasteiger partial charge in [-0.05, 0) is 19.8 Å². The normalized spacial score (nSPS) is 35.4. The van der Waals surface area contributed by atoms with Gasteiger partial charge >= 0.3 is 0 Å². The summed E-state index contributed by atoms with van der Waals surface area (Å²) in [5.41, 5.74) is 5.75. The third-order valence-electron chi connectivity index (χ3n) is 4.26. The maximum Gasteiger partial charge on any atom is 0.282 e. The van der Waals surface area contributed by atoms with E-state index < -0.39 is 10.2 Å². The molecule has 112 valence electrons. The molecule has 0 aliphatic carbocycles. The van der Waals surface area contributed by atoms with E-state index >= 15 is 0 Å². The predicted molar refractivity (Wildman–Crippen MR) is 80.4 cm³/mol. The van der Waals surface area contributed by atoms with Gasteiger partial charge in [0, 0.05) is 42.7 Å². The van der Waals surface area contributed by atoms with Crippen LogP contribution in [-0.4, -0.2) is 59.7 Å². The molecule has 2 aliphatic rings. The van der Waals surface area contributed by atoms with E-state index in [0.717, 1.165) is 25.0 Å². The van der Waals surface area contributed by atoms with Gasteiger partial charge in [0.25, 0.3) is 10.2 Å². The Morgan fingerprint density at radius 2 is 1.95 bits per heavy atom. The molecule has 19 heavy (non-hydrogen) atoms. The zero-order valence-corrected chi connectivity index (χ0v) is 13.4. The summed E-state index contributed by atoms with van der Waals surface area (Å²) in [5.74, 6) is 0.881. The molecule has 3 unspecified atom stereocenters. The molecule has 0 radical (unpaired) electrons. The van der Waals surface area contributed by atoms with Crippen LogP contribution in [-0.2, 0) is 10.2 Å². The Morgan fingerprint density at radius 3 is 2.63 bits per heavy atom. The van der Waals surface area contributed by atoms with E-state index in [1.165, 1.54) is 0 Å². The molecule has 2 rings (SSSR count). The Bertz CT molecular complexity index is 388. The molecule has 3 atom stereocenters. The minimum atomic E-state index is -3.36. The smallest absolute Gasteiger partial charge is 0.282 e. The van der Waals surface area contributed by atoms with Crippen molar-refractivity contribution in [2.45, 2.75) is 50.4 Å². The summed E-state index contributed by atoms with van der Waals surface area (Å²) in [6, 6.07) is 0.0416. The third-order valence-corrected chi connectivity index (χ3v) is 7.78. The van der Waals surface area contributed by atoms with Gasteiger partial charge in [0.1, 0.15) is 0 Å². The molecule has 2 saturated heterocycles. The Hall–Kier alpha value is 0.180. The molecule has 2 N–H and O–H groups in total. The quantitative estimate of drug-likeness (QED) is 0.840. The van der Waals surface area contributed by atoms with E-state index in [2.05, 4.69) is 6.92 Å². The minimum absolute atomic E-state index is 0.0177. The number of rotatable bonds is 3. The zero-order chi connectivity index (χ0) is 14.0. The Labute approximate surface area is 121 Å². The lowest BCUT2D eigenvalue weighted by atomic mass is 10.1. The number of thioether (sulfide) groups is 1. The number of hydrogen-bond donors (Lipinski definition) is 1. The minimum Gasteiger partial charge on any atom is -0.329 e. The molecule has 0 saturated carbocycles. The first-order chi connectivity index (χ1) is 8.98. The van der Waals surface area contributed by atoms with Crippen molar-refractivity contribution in [2.24, 2.45) is 5.73 Å². The van der Waals surface area contributed by atoms with Gasteiger partial charge in [-0.15, -0.1) is 0 Å². The van der Waals surface area contributed by atoms with Crippen LogP contribution in [0, 0.1) is 0 Å². The van der Waals surface area contributed by atoms with Gasteiger partial charge in [0.05, 0.1) is 0 Å². The Morgan fingerprint density at radius 1 is 1.21 bits per heavy atom. The van der Waals surface area contributed by atoms with Crippen LogP contribution in [0.4, 0.5) is 0 Å². The van der Waals surface area contributed by atoms with Crippen LogP contribution >= 0.6 is 11.8 Å². The highest BCUT2D eigenvalue weighted by Crippen LogP contribution is 2.30. The first kappa shape index (κ1) is 15.6. The SMILES string of the molecule is CC1SCCN(S(=O)(=O)N2CCCCC2CN)C1C. The van der Waals surface area contributed by atoms with E-state index in [0.29, 0.717) is 24.9 Å². The predicted octanol–water partition coefficient (Wildman–Crippen LogP) is 0.870. The Kier molecular flexibility index (Phi) is 5.16. The molecule has 0 aromatic heterocycles. The lowest BCUT2D eigenvalue weighted by Crippen LogP contribution is -2.57. The van der Waals surface area contributed by atoms with E-state index in [4.69, 9.17) is 5.73 Å². The summed E-state index contributed by atoms with van der Waals surface area (Å²) >= 11 is 1.85. The first-order valence-corrected chi connectivity index (χ1v) is 9.53. The van der Waals surface area contributed by atoms with Crippen molar-refractivity contribution in [3.63, 3.8) is 0 Å². The fourth-order valence-electron chi connectivity index (χ4n) is 2.88. The lowest BCUT2D eigenvalue weighted by molar-refractivity contribution is 0.224. The topological polar surface area (TPSA) is 66.6 Å². The summed E-state index contributed by atoms with van der Waals surface area (Å²) < 4.78 is 29.0. The standard InChI is InChI=1S/C12H25N3O2S2/c1-10-11(2)18-8-7-14(10)19(16,17)15-6-4-3-5-12(15)9-13/h10-12H,3-9,13H2,1-2H3. The highest BCUT2D eigenvalue weighted by Gasteiger charge is 2.40. The van der Waals surface area contributed by atoms with E-state index in [1.807, 2.05) is 18.7 Å². The number of nitrogens with two attached hydrogens (primary N) is 1. The van der Waals surface area contributed by atoms with Gasteiger partial charge in [-0.3, -0.25) is 0 Å². The monoisotopic (exact) mass is 307 g/mol. The maximum atomic E-state index is 12.9. The largest absolute Gasteiger partial charge is 0.329 e. The summed E-state index contributed by atoms with van der Waals surface area (Å²) in [6.07, 6.45) is 2.92. The molecule has 0 bridgehead atoms. The molecule has 2 fully saturated rings. The highest BCUT2D eigenvalue weighted by atomic mass is 32.2. The summed E-state index contributed by atoms with van der Waals surface area (Å²) in [4.78, 5) is 0. The van der Waals surface area contributed by atoms with Gasteiger partial charge in [0.15, 0.2) is 0 Å². The van der Waals surface area contributed by atoms with Crippen LogP contribution < -0.4 is 5.73 Å². The second-order valence-electron chi connectivity index (χ2n) is 5.43. The molecule has 0 aromatic rings. The summed E-state index contributed by atoms with van der Waals surface area (Å²) in [5, 5.41) is 0.352. The van der Waals surface area contributed by atoms with Crippen molar-refractivity contribution in [3.8, 4) is 0 Å². The molecule has 2 heterocycles. The van der Waals surface area contributed by atoms with E-state index in [-0.39, 0.29) is 12.1 Å². The zero-order valence-electron chi connectivity index (χ0n) is 11.8. The van der Waals surface area contributed by atoms with Crippen LogP contribution in [0.1, 0.15) is 33.1 Å². The number of piperidine rings is 1. The average molecular weight is 307 g/mol. The maximum absolute atomic E-state index is 12.9. The number of hydrogen-bond acceptors (Lipinski definition) is 4. The van der Waals surface area contributed by atoms with Crippen LogP contribution in [0.3, 0.4) is 0 Å². The van der Waals surface area contributed by atoms with Gasteiger partial charge in [-0.1, -0.05) is 13.3 Å². The molecular weight excluding hydrogens is 282 g/mol. The van der Waals surface area contributed by atoms with E-state index in [1.54, 1.807) is 8.61 Å². The van der Waals surface area contributed by atoms with Crippen molar-refractivity contribution < 1.29 is 8.42 Å². The van der Waals surface area contributed by atoms with Gasteiger partial charge in [-0.2, -0.15) is 28.8 Å². The number of nitrogens with zero attached hydrogens (tertiary/aromatic N) is 2. The molecule has 0 aromatic carbocycles.